The maximum atomic E-state index is 13.1. The van der Waals surface area contributed by atoms with Crippen LogP contribution in [0.15, 0.2) is 77.3 Å². The second kappa shape index (κ2) is 7.74. The van der Waals surface area contributed by atoms with Gasteiger partial charge in [-0.05, 0) is 48.9 Å². The number of rotatable bonds is 3. The van der Waals surface area contributed by atoms with E-state index in [0.29, 0.717) is 16.3 Å². The Kier molecular flexibility index (Phi) is 5.16. The monoisotopic (exact) mass is 450 g/mol. The molecule has 0 aliphatic heterocycles. The Morgan fingerprint density at radius 3 is 2.61 bits per heavy atom. The topological polar surface area (TPSA) is 42.0 Å². The highest BCUT2D eigenvalue weighted by atomic mass is 79.9. The number of benzene rings is 3. The lowest BCUT2D eigenvalue weighted by molar-refractivity contribution is 0.102. The molecule has 4 aromatic rings. The van der Waals surface area contributed by atoms with E-state index < -0.39 is 0 Å². The summed E-state index contributed by atoms with van der Waals surface area (Å²) in [5.41, 5.74) is 4.64. The highest BCUT2D eigenvalue weighted by Gasteiger charge is 2.14. The van der Waals surface area contributed by atoms with Crippen LogP contribution in [0.1, 0.15) is 15.9 Å². The number of hydrogen-bond acceptors (Lipinski definition) is 2. The van der Waals surface area contributed by atoms with E-state index in [1.165, 1.54) is 0 Å². The molecule has 0 atom stereocenters. The number of halogens is 2. The van der Waals surface area contributed by atoms with Crippen molar-refractivity contribution < 1.29 is 4.79 Å². The van der Waals surface area contributed by atoms with Gasteiger partial charge >= 0.3 is 0 Å². The number of anilines is 1. The zero-order chi connectivity index (χ0) is 19.7. The number of hydrogen-bond donors (Lipinski definition) is 1. The average molecular weight is 452 g/mol. The van der Waals surface area contributed by atoms with Crippen molar-refractivity contribution in [2.75, 3.05) is 5.32 Å². The first-order valence-corrected chi connectivity index (χ1v) is 9.91. The second-order valence-corrected chi connectivity index (χ2v) is 7.82. The molecule has 4 rings (SSSR count). The quantitative estimate of drug-likeness (QED) is 0.369. The number of amides is 1. The molecule has 0 bridgehead atoms. The van der Waals surface area contributed by atoms with Gasteiger partial charge in [0.25, 0.3) is 5.91 Å². The Hall–Kier alpha value is -2.69. The van der Waals surface area contributed by atoms with Crippen molar-refractivity contribution in [2.24, 2.45) is 0 Å². The van der Waals surface area contributed by atoms with Crippen LogP contribution in [-0.2, 0) is 0 Å². The van der Waals surface area contributed by atoms with Crippen LogP contribution in [0.25, 0.3) is 22.2 Å². The van der Waals surface area contributed by atoms with Crippen molar-refractivity contribution in [1.29, 1.82) is 0 Å². The number of nitrogens with zero attached hydrogens (tertiary/aromatic N) is 1. The van der Waals surface area contributed by atoms with Crippen LogP contribution in [0.4, 0.5) is 5.69 Å². The molecule has 1 heterocycles. The van der Waals surface area contributed by atoms with Crippen LogP contribution in [-0.4, -0.2) is 10.9 Å². The van der Waals surface area contributed by atoms with Gasteiger partial charge in [-0.25, -0.2) is 4.98 Å². The normalized spacial score (nSPS) is 10.8. The number of aryl methyl sites for hydroxylation is 1. The minimum atomic E-state index is -0.199. The van der Waals surface area contributed by atoms with Crippen LogP contribution >= 0.6 is 27.5 Å². The van der Waals surface area contributed by atoms with Gasteiger partial charge in [0.15, 0.2) is 0 Å². The number of fused-ring (bicyclic) bond motifs is 1. The first-order chi connectivity index (χ1) is 13.5. The molecule has 28 heavy (non-hydrogen) atoms. The van der Waals surface area contributed by atoms with Gasteiger partial charge in [-0.1, -0.05) is 63.9 Å². The summed E-state index contributed by atoms with van der Waals surface area (Å²) in [4.78, 5) is 17.8. The fraction of sp³-hybridized carbons (Fsp3) is 0.0435. The molecule has 1 aromatic heterocycles. The highest BCUT2D eigenvalue weighted by molar-refractivity contribution is 9.10. The minimum Gasteiger partial charge on any atom is -0.322 e. The van der Waals surface area contributed by atoms with Crippen LogP contribution in [0.3, 0.4) is 0 Å². The Bertz CT molecular complexity index is 1210. The molecule has 0 fully saturated rings. The summed E-state index contributed by atoms with van der Waals surface area (Å²) in [6.07, 6.45) is 0. The van der Waals surface area contributed by atoms with Crippen LogP contribution in [0.2, 0.25) is 5.02 Å². The molecule has 0 spiro atoms. The number of carbonyl (C=O) groups excluding carboxylic acids is 1. The highest BCUT2D eigenvalue weighted by Crippen LogP contribution is 2.28. The lowest BCUT2D eigenvalue weighted by Crippen LogP contribution is -2.13. The Morgan fingerprint density at radius 2 is 1.82 bits per heavy atom. The van der Waals surface area contributed by atoms with Gasteiger partial charge < -0.3 is 5.32 Å². The molecule has 0 radical (unpaired) electrons. The van der Waals surface area contributed by atoms with E-state index in [4.69, 9.17) is 16.6 Å². The van der Waals surface area contributed by atoms with Gasteiger partial charge in [0, 0.05) is 26.1 Å². The number of nitrogens with one attached hydrogen (secondary N) is 1. The maximum Gasteiger partial charge on any atom is 0.256 e. The van der Waals surface area contributed by atoms with E-state index in [-0.39, 0.29) is 5.91 Å². The summed E-state index contributed by atoms with van der Waals surface area (Å²) in [5, 5.41) is 4.37. The lowest BCUT2D eigenvalue weighted by Gasteiger charge is -2.11. The lowest BCUT2D eigenvalue weighted by atomic mass is 10.0. The summed E-state index contributed by atoms with van der Waals surface area (Å²) in [7, 11) is 0. The van der Waals surface area contributed by atoms with E-state index in [9.17, 15) is 4.79 Å². The largest absolute Gasteiger partial charge is 0.322 e. The summed E-state index contributed by atoms with van der Waals surface area (Å²) in [6.45, 7) is 1.93. The van der Waals surface area contributed by atoms with Crippen LogP contribution in [0.5, 0.6) is 0 Å². The third-order valence-corrected chi connectivity index (χ3v) is 5.41. The second-order valence-electron chi connectivity index (χ2n) is 6.50. The number of aromatic nitrogens is 1. The fourth-order valence-electron chi connectivity index (χ4n) is 3.03. The van der Waals surface area contributed by atoms with Crippen molar-refractivity contribution >= 4 is 50.0 Å². The third-order valence-electron chi connectivity index (χ3n) is 4.51. The van der Waals surface area contributed by atoms with Crippen molar-refractivity contribution in [3.63, 3.8) is 0 Å². The van der Waals surface area contributed by atoms with E-state index in [2.05, 4.69) is 21.2 Å². The molecular formula is C23H16BrClN2O. The number of pyridine rings is 1. The van der Waals surface area contributed by atoms with Gasteiger partial charge in [0.05, 0.1) is 16.8 Å². The summed E-state index contributed by atoms with van der Waals surface area (Å²) in [6, 6.07) is 22.8. The van der Waals surface area contributed by atoms with Gasteiger partial charge in [-0.3, -0.25) is 4.79 Å². The van der Waals surface area contributed by atoms with Crippen LogP contribution < -0.4 is 5.32 Å². The molecular weight excluding hydrogens is 436 g/mol. The molecule has 138 valence electrons. The van der Waals surface area contributed by atoms with Crippen LogP contribution in [0, 0.1) is 6.92 Å². The first-order valence-electron chi connectivity index (χ1n) is 8.74. The molecule has 0 aliphatic rings. The summed E-state index contributed by atoms with van der Waals surface area (Å²) >= 11 is 9.69. The predicted molar refractivity (Wildman–Crippen MR) is 119 cm³/mol. The van der Waals surface area contributed by atoms with Gasteiger partial charge in [0.1, 0.15) is 0 Å². The average Bonchev–Trinajstić information content (AvgIpc) is 2.70. The van der Waals surface area contributed by atoms with Crippen molar-refractivity contribution in [3.8, 4) is 11.3 Å². The summed E-state index contributed by atoms with van der Waals surface area (Å²) in [5.74, 6) is -0.199. The smallest absolute Gasteiger partial charge is 0.256 e. The standard InChI is InChI=1S/C23H16BrClN2O/c1-14-9-10-17(12-20(14)25)26-23(28)19-13-22(15-5-4-6-16(24)11-15)27-21-8-3-2-7-18(19)21/h2-13H,1H3,(H,26,28). The predicted octanol–water partition coefficient (Wildman–Crippen LogP) is 6.88. The maximum absolute atomic E-state index is 13.1. The summed E-state index contributed by atoms with van der Waals surface area (Å²) < 4.78 is 0.959. The number of para-hydroxylation sites is 1. The number of carbonyl (C=O) groups is 1. The SMILES string of the molecule is Cc1ccc(NC(=O)c2cc(-c3cccc(Br)c3)nc3ccccc23)cc1Cl. The molecule has 3 aromatic carbocycles. The van der Waals surface area contributed by atoms with Gasteiger partial charge in [0.2, 0.25) is 0 Å². The molecule has 3 nitrogen and oxygen atoms in total. The van der Waals surface area contributed by atoms with E-state index in [1.807, 2.05) is 73.7 Å². The molecule has 1 amide bonds. The Balaban J connectivity index is 1.80. The molecule has 0 saturated carbocycles. The van der Waals surface area contributed by atoms with E-state index >= 15 is 0 Å². The Labute approximate surface area is 176 Å². The zero-order valence-corrected chi connectivity index (χ0v) is 17.4. The molecule has 1 N–H and O–H groups in total. The Morgan fingerprint density at radius 1 is 1.00 bits per heavy atom. The first kappa shape index (κ1) is 18.7. The van der Waals surface area contributed by atoms with E-state index in [1.54, 1.807) is 6.07 Å². The van der Waals surface area contributed by atoms with Crippen molar-refractivity contribution in [2.45, 2.75) is 6.92 Å². The third kappa shape index (κ3) is 3.79. The van der Waals surface area contributed by atoms with E-state index in [0.717, 1.165) is 32.2 Å². The van der Waals surface area contributed by atoms with Gasteiger partial charge in [-0.2, -0.15) is 0 Å². The molecule has 5 heteroatoms. The zero-order valence-electron chi connectivity index (χ0n) is 15.0. The molecule has 0 unspecified atom stereocenters. The minimum absolute atomic E-state index is 0.199. The van der Waals surface area contributed by atoms with Crippen molar-refractivity contribution in [1.82, 2.24) is 4.98 Å². The van der Waals surface area contributed by atoms with Crippen molar-refractivity contribution in [3.05, 3.63) is 93.4 Å². The van der Waals surface area contributed by atoms with Gasteiger partial charge in [-0.15, -0.1) is 0 Å². The molecule has 0 saturated heterocycles. The fourth-order valence-corrected chi connectivity index (χ4v) is 3.61. The molecule has 0 aliphatic carbocycles.